The molecule has 3 rings (SSSR count). The van der Waals surface area contributed by atoms with Gasteiger partial charge in [-0.2, -0.15) is 0 Å². The summed E-state index contributed by atoms with van der Waals surface area (Å²) in [5, 5.41) is 0.983. The molecule has 148 valence electrons. The lowest BCUT2D eigenvalue weighted by atomic mass is 10.1. The molecule has 0 aliphatic rings. The smallest absolute Gasteiger partial charge is 0.228 e. The molecule has 0 unspecified atom stereocenters. The van der Waals surface area contributed by atoms with Crippen molar-refractivity contribution in [1.29, 1.82) is 0 Å². The van der Waals surface area contributed by atoms with Gasteiger partial charge in [0, 0.05) is 24.8 Å². The summed E-state index contributed by atoms with van der Waals surface area (Å²) in [5.41, 5.74) is 4.32. The van der Waals surface area contributed by atoms with Crippen molar-refractivity contribution in [2.45, 2.75) is 40.0 Å². The molecule has 0 saturated heterocycles. The number of hydrogen-bond donors (Lipinski definition) is 0. The van der Waals surface area contributed by atoms with E-state index in [1.807, 2.05) is 40.5 Å². The number of carbonyl (C=O) groups is 1. The molecule has 6 heteroatoms. The molecule has 0 aliphatic carbocycles. The zero-order valence-corrected chi connectivity index (χ0v) is 18.0. The summed E-state index contributed by atoms with van der Waals surface area (Å²) >= 11 is 12.6. The number of amides is 1. The zero-order valence-electron chi connectivity index (χ0n) is 16.5. The van der Waals surface area contributed by atoms with E-state index in [4.69, 9.17) is 28.2 Å². The molecular weight excluding hydrogens is 393 g/mol. The third-order valence-electron chi connectivity index (χ3n) is 4.72. The van der Waals surface area contributed by atoms with E-state index in [0.717, 1.165) is 42.9 Å². The average molecular weight is 418 g/mol. The quantitative estimate of drug-likeness (QED) is 0.486. The van der Waals surface area contributed by atoms with Gasteiger partial charge in [-0.3, -0.25) is 4.79 Å². The number of aryl methyl sites for hydroxylation is 1. The van der Waals surface area contributed by atoms with E-state index in [-0.39, 0.29) is 12.3 Å². The highest BCUT2D eigenvalue weighted by molar-refractivity contribution is 6.36. The molecule has 3 aromatic rings. The summed E-state index contributed by atoms with van der Waals surface area (Å²) in [6.07, 6.45) is 3.89. The van der Waals surface area contributed by atoms with E-state index in [0.29, 0.717) is 15.7 Å². The van der Waals surface area contributed by atoms with Crippen LogP contribution in [0.2, 0.25) is 10.0 Å². The number of halogens is 2. The normalized spacial score (nSPS) is 11.2. The van der Waals surface area contributed by atoms with Crippen LogP contribution < -0.4 is 0 Å². The Kier molecular flexibility index (Phi) is 6.63. The molecule has 0 spiro atoms. The Morgan fingerprint density at radius 1 is 1.11 bits per heavy atom. The van der Waals surface area contributed by atoms with E-state index >= 15 is 0 Å². The zero-order chi connectivity index (χ0) is 20.3. The number of benzene rings is 1. The Morgan fingerprint density at radius 2 is 1.75 bits per heavy atom. The van der Waals surface area contributed by atoms with Crippen molar-refractivity contribution >= 4 is 34.8 Å². The minimum absolute atomic E-state index is 0.0926. The summed E-state index contributed by atoms with van der Waals surface area (Å²) in [4.78, 5) is 19.7. The number of carbonyl (C=O) groups excluding carboxylic acids is 1. The first-order chi connectivity index (χ1) is 13.4. The van der Waals surface area contributed by atoms with Gasteiger partial charge in [-0.1, -0.05) is 66.9 Å². The highest BCUT2D eigenvalue weighted by Crippen LogP contribution is 2.30. The summed E-state index contributed by atoms with van der Waals surface area (Å²) < 4.78 is 1.85. The third-order valence-corrected chi connectivity index (χ3v) is 5.21. The molecule has 0 N–H and O–H groups in total. The molecule has 1 amide bonds. The number of pyridine rings is 1. The molecule has 0 aliphatic heterocycles. The van der Waals surface area contributed by atoms with E-state index < -0.39 is 0 Å². The van der Waals surface area contributed by atoms with Gasteiger partial charge in [0.15, 0.2) is 5.65 Å². The molecule has 4 nitrogen and oxygen atoms in total. The summed E-state index contributed by atoms with van der Waals surface area (Å²) in [6.45, 7) is 7.72. The van der Waals surface area contributed by atoms with Gasteiger partial charge in [-0.05, 0) is 25.8 Å². The fraction of sp³-hybridized carbons (Fsp3) is 0.364. The van der Waals surface area contributed by atoms with Crippen LogP contribution in [0.3, 0.4) is 0 Å². The van der Waals surface area contributed by atoms with E-state index in [2.05, 4.69) is 13.8 Å². The summed E-state index contributed by atoms with van der Waals surface area (Å²) in [5.74, 6) is 0.0926. The van der Waals surface area contributed by atoms with Crippen LogP contribution in [-0.4, -0.2) is 33.3 Å². The highest BCUT2D eigenvalue weighted by Gasteiger charge is 2.21. The van der Waals surface area contributed by atoms with Crippen LogP contribution in [0.15, 0.2) is 36.5 Å². The molecule has 28 heavy (non-hydrogen) atoms. The van der Waals surface area contributed by atoms with Crippen molar-refractivity contribution < 1.29 is 4.79 Å². The number of fused-ring (bicyclic) bond motifs is 1. The van der Waals surface area contributed by atoms with Crippen molar-refractivity contribution in [3.05, 3.63) is 57.8 Å². The van der Waals surface area contributed by atoms with Gasteiger partial charge in [-0.15, -0.1) is 0 Å². The fourth-order valence-corrected chi connectivity index (χ4v) is 3.90. The van der Waals surface area contributed by atoms with Gasteiger partial charge in [0.25, 0.3) is 0 Å². The minimum Gasteiger partial charge on any atom is -0.342 e. The minimum atomic E-state index is 0.0926. The maximum Gasteiger partial charge on any atom is 0.228 e. The van der Waals surface area contributed by atoms with Crippen LogP contribution in [0, 0.1) is 6.92 Å². The number of imidazole rings is 1. The first-order valence-electron chi connectivity index (χ1n) is 9.65. The van der Waals surface area contributed by atoms with Gasteiger partial charge in [0.05, 0.1) is 27.9 Å². The second-order valence-corrected chi connectivity index (χ2v) is 7.87. The van der Waals surface area contributed by atoms with Gasteiger partial charge >= 0.3 is 0 Å². The lowest BCUT2D eigenvalue weighted by molar-refractivity contribution is -0.130. The first kappa shape index (κ1) is 20.7. The van der Waals surface area contributed by atoms with Crippen LogP contribution in [0.5, 0.6) is 0 Å². The lowest BCUT2D eigenvalue weighted by Gasteiger charge is -2.21. The molecule has 0 saturated carbocycles. The molecule has 0 radical (unpaired) electrons. The van der Waals surface area contributed by atoms with Crippen LogP contribution in [0.25, 0.3) is 16.9 Å². The van der Waals surface area contributed by atoms with Crippen LogP contribution >= 0.6 is 23.2 Å². The first-order valence-corrected chi connectivity index (χ1v) is 10.4. The monoisotopic (exact) mass is 417 g/mol. The topological polar surface area (TPSA) is 37.6 Å². The summed E-state index contributed by atoms with van der Waals surface area (Å²) in [6, 6.07) is 9.81. The number of rotatable bonds is 7. The predicted molar refractivity (Wildman–Crippen MR) is 116 cm³/mol. The van der Waals surface area contributed by atoms with Crippen LogP contribution in [-0.2, 0) is 11.2 Å². The third kappa shape index (κ3) is 4.34. The second-order valence-electron chi connectivity index (χ2n) is 7.03. The van der Waals surface area contributed by atoms with Gasteiger partial charge in [-0.25, -0.2) is 4.98 Å². The Hall–Kier alpha value is -2.04. The van der Waals surface area contributed by atoms with Crippen molar-refractivity contribution in [3.63, 3.8) is 0 Å². The standard InChI is InChI=1S/C22H25Cl2N3O/c1-4-10-26(11-5-2)20(28)13-19-21(16-8-6-15(3)7-9-16)25-22-18(24)12-17(23)14-27(19)22/h6-9,12,14H,4-5,10-11,13H2,1-3H3. The Bertz CT molecular complexity index is 974. The number of hydrogen-bond acceptors (Lipinski definition) is 2. The van der Waals surface area contributed by atoms with E-state index in [9.17, 15) is 4.79 Å². The highest BCUT2D eigenvalue weighted by atomic mass is 35.5. The largest absolute Gasteiger partial charge is 0.342 e. The summed E-state index contributed by atoms with van der Waals surface area (Å²) in [7, 11) is 0. The van der Waals surface area contributed by atoms with E-state index in [1.54, 1.807) is 12.3 Å². The fourth-order valence-electron chi connectivity index (χ4n) is 3.39. The maximum absolute atomic E-state index is 13.1. The van der Waals surface area contributed by atoms with Crippen molar-refractivity contribution in [2.24, 2.45) is 0 Å². The van der Waals surface area contributed by atoms with Crippen molar-refractivity contribution in [1.82, 2.24) is 14.3 Å². The SMILES string of the molecule is CCCN(CCC)C(=O)Cc1c(-c2ccc(C)cc2)nc2c(Cl)cc(Cl)cn12. The molecule has 1 aromatic carbocycles. The second kappa shape index (κ2) is 8.97. The van der Waals surface area contributed by atoms with Crippen molar-refractivity contribution in [2.75, 3.05) is 13.1 Å². The molecular formula is C22H25Cl2N3O. The van der Waals surface area contributed by atoms with E-state index in [1.165, 1.54) is 5.56 Å². The Morgan fingerprint density at radius 3 is 2.36 bits per heavy atom. The van der Waals surface area contributed by atoms with Gasteiger partial charge in [0.2, 0.25) is 5.91 Å². The number of aromatic nitrogens is 2. The van der Waals surface area contributed by atoms with Crippen LogP contribution in [0.1, 0.15) is 37.9 Å². The van der Waals surface area contributed by atoms with Crippen molar-refractivity contribution in [3.8, 4) is 11.3 Å². The Labute approximate surface area is 176 Å². The molecule has 2 heterocycles. The number of nitrogens with zero attached hydrogens (tertiary/aromatic N) is 3. The van der Waals surface area contributed by atoms with Gasteiger partial charge in [0.1, 0.15) is 0 Å². The molecule has 0 fully saturated rings. The lowest BCUT2D eigenvalue weighted by Crippen LogP contribution is -2.34. The molecule has 0 atom stereocenters. The molecule has 0 bridgehead atoms. The average Bonchev–Trinajstić information content (AvgIpc) is 3.01. The Balaban J connectivity index is 2.11. The predicted octanol–water partition coefficient (Wildman–Crippen LogP) is 5.81. The maximum atomic E-state index is 13.1. The molecule has 2 aromatic heterocycles. The van der Waals surface area contributed by atoms with Crippen LogP contribution in [0.4, 0.5) is 0 Å². The van der Waals surface area contributed by atoms with Gasteiger partial charge < -0.3 is 9.30 Å².